The first-order chi connectivity index (χ1) is 10.6. The lowest BCUT2D eigenvalue weighted by Gasteiger charge is -2.02. The number of nitrogens with one attached hydrogen (secondary N) is 1. The number of unbranched alkanes of at least 4 members (excludes halogenated alkanes) is 1. The number of fused-ring (bicyclic) bond motifs is 1. The van der Waals surface area contributed by atoms with Crippen LogP contribution in [0.4, 0.5) is 5.95 Å². The summed E-state index contributed by atoms with van der Waals surface area (Å²) in [5.41, 5.74) is 1.91. The summed E-state index contributed by atoms with van der Waals surface area (Å²) in [4.78, 5) is 4.89. The topological polar surface area (TPSA) is 76.4 Å². The first-order valence-electron chi connectivity index (χ1n) is 6.99. The van der Waals surface area contributed by atoms with Crippen molar-refractivity contribution in [3.8, 4) is 11.3 Å². The molecule has 0 spiro atoms. The molecule has 0 aliphatic carbocycles. The summed E-state index contributed by atoms with van der Waals surface area (Å²) in [5, 5.41) is 6.23. The highest BCUT2D eigenvalue weighted by Gasteiger charge is 2.16. The second-order valence-corrected chi connectivity index (χ2v) is 7.57. The van der Waals surface area contributed by atoms with Gasteiger partial charge in [-0.05, 0) is 6.42 Å². The molecule has 3 aromatic rings. The maximum absolute atomic E-state index is 11.9. The van der Waals surface area contributed by atoms with Crippen molar-refractivity contribution in [1.82, 2.24) is 14.6 Å². The van der Waals surface area contributed by atoms with E-state index in [1.807, 2.05) is 42.6 Å². The molecule has 2 aromatic heterocycles. The summed E-state index contributed by atoms with van der Waals surface area (Å²) in [6, 6.07) is 9.80. The Labute approximate surface area is 132 Å². The van der Waals surface area contributed by atoms with E-state index in [1.54, 1.807) is 4.52 Å². The van der Waals surface area contributed by atoms with Crippen molar-refractivity contribution in [2.45, 2.75) is 19.8 Å². The maximum Gasteiger partial charge on any atom is 0.257 e. The second kappa shape index (κ2) is 6.05. The lowest BCUT2D eigenvalue weighted by molar-refractivity contribution is 0.597. The van der Waals surface area contributed by atoms with Gasteiger partial charge >= 0.3 is 0 Å². The van der Waals surface area contributed by atoms with Crippen LogP contribution in [0.1, 0.15) is 19.8 Å². The molecular weight excluding hydrogens is 320 g/mol. The van der Waals surface area contributed by atoms with Crippen LogP contribution in [-0.4, -0.2) is 28.8 Å². The van der Waals surface area contributed by atoms with Crippen molar-refractivity contribution in [1.29, 1.82) is 0 Å². The number of nitrogens with zero attached hydrogens (tertiary/aromatic N) is 3. The number of sulfonamides is 1. The fourth-order valence-electron chi connectivity index (χ4n) is 2.06. The second-order valence-electron chi connectivity index (χ2n) is 4.89. The van der Waals surface area contributed by atoms with E-state index in [4.69, 9.17) is 0 Å². The normalized spacial score (nSPS) is 11.9. The number of hydrogen-bond acceptors (Lipinski definition) is 5. The van der Waals surface area contributed by atoms with E-state index >= 15 is 0 Å². The summed E-state index contributed by atoms with van der Waals surface area (Å²) >= 11 is 1.43. The lowest BCUT2D eigenvalue weighted by atomic mass is 10.2. The summed E-state index contributed by atoms with van der Waals surface area (Å²) in [6.07, 6.45) is 1.44. The number of hydrogen-bond donors (Lipinski definition) is 1. The third-order valence-corrected chi connectivity index (χ3v) is 5.30. The van der Waals surface area contributed by atoms with Crippen LogP contribution in [0.25, 0.3) is 16.2 Å². The zero-order chi connectivity index (χ0) is 15.6. The minimum Gasteiger partial charge on any atom is -0.250 e. The minimum atomic E-state index is -3.38. The molecule has 8 heteroatoms. The van der Waals surface area contributed by atoms with Gasteiger partial charge in [0.05, 0.1) is 11.4 Å². The van der Waals surface area contributed by atoms with Crippen LogP contribution in [0.5, 0.6) is 0 Å². The molecular formula is C14H16N4O2S2. The minimum absolute atomic E-state index is 0.0852. The van der Waals surface area contributed by atoms with E-state index < -0.39 is 10.0 Å². The van der Waals surface area contributed by atoms with Crippen LogP contribution in [0, 0.1) is 0 Å². The number of thiazole rings is 1. The monoisotopic (exact) mass is 336 g/mol. The molecule has 0 bridgehead atoms. The predicted molar refractivity (Wildman–Crippen MR) is 88.6 cm³/mol. The van der Waals surface area contributed by atoms with Crippen molar-refractivity contribution in [2.75, 3.05) is 10.5 Å². The molecule has 0 amide bonds. The lowest BCUT2D eigenvalue weighted by Crippen LogP contribution is -2.17. The smallest absolute Gasteiger partial charge is 0.250 e. The molecule has 0 unspecified atom stereocenters. The molecule has 0 saturated heterocycles. The highest BCUT2D eigenvalue weighted by molar-refractivity contribution is 7.92. The number of anilines is 1. The van der Waals surface area contributed by atoms with E-state index in [9.17, 15) is 8.42 Å². The van der Waals surface area contributed by atoms with E-state index in [1.165, 1.54) is 11.3 Å². The molecule has 0 fully saturated rings. The van der Waals surface area contributed by atoms with Gasteiger partial charge in [0.25, 0.3) is 5.95 Å². The Kier molecular flexibility index (Phi) is 4.12. The molecule has 3 rings (SSSR count). The molecule has 1 N–H and O–H groups in total. The van der Waals surface area contributed by atoms with E-state index in [0.29, 0.717) is 11.4 Å². The SMILES string of the molecule is CCCCS(=O)(=O)Nc1nc2scc(-c3ccccc3)n2n1. The molecule has 0 aliphatic rings. The predicted octanol–water partition coefficient (Wildman–Crippen LogP) is 3.00. The van der Waals surface area contributed by atoms with Crippen LogP contribution in [0.3, 0.4) is 0 Å². The van der Waals surface area contributed by atoms with Gasteiger partial charge in [0.2, 0.25) is 15.0 Å². The summed E-state index contributed by atoms with van der Waals surface area (Å²) in [6.45, 7) is 1.95. The highest BCUT2D eigenvalue weighted by atomic mass is 32.2. The summed E-state index contributed by atoms with van der Waals surface area (Å²) < 4.78 is 27.9. The van der Waals surface area contributed by atoms with Gasteiger partial charge in [-0.3, -0.25) is 0 Å². The Morgan fingerprint density at radius 3 is 2.77 bits per heavy atom. The van der Waals surface area contributed by atoms with Crippen LogP contribution >= 0.6 is 11.3 Å². The number of aromatic nitrogens is 3. The number of benzene rings is 1. The summed E-state index contributed by atoms with van der Waals surface area (Å²) in [5.74, 6) is 0.210. The van der Waals surface area contributed by atoms with Crippen molar-refractivity contribution < 1.29 is 8.42 Å². The fourth-order valence-corrected chi connectivity index (χ4v) is 4.02. The molecule has 0 atom stereocenters. The van der Waals surface area contributed by atoms with Crippen molar-refractivity contribution in [2.24, 2.45) is 0 Å². The molecule has 0 saturated carbocycles. The van der Waals surface area contributed by atoms with Gasteiger partial charge in [-0.2, -0.15) is 4.98 Å². The van der Waals surface area contributed by atoms with Crippen LogP contribution in [-0.2, 0) is 10.0 Å². The first kappa shape index (κ1) is 15.0. The van der Waals surface area contributed by atoms with Crippen molar-refractivity contribution in [3.05, 3.63) is 35.7 Å². The third kappa shape index (κ3) is 3.12. The molecule has 6 nitrogen and oxygen atoms in total. The third-order valence-electron chi connectivity index (χ3n) is 3.16. The average Bonchev–Trinajstić information content (AvgIpc) is 3.05. The van der Waals surface area contributed by atoms with Crippen LogP contribution in [0.2, 0.25) is 0 Å². The first-order valence-corrected chi connectivity index (χ1v) is 9.52. The Morgan fingerprint density at radius 2 is 2.05 bits per heavy atom. The highest BCUT2D eigenvalue weighted by Crippen LogP contribution is 2.25. The fraction of sp³-hybridized carbons (Fsp3) is 0.286. The molecule has 0 aliphatic heterocycles. The largest absolute Gasteiger partial charge is 0.257 e. The van der Waals surface area contributed by atoms with Crippen LogP contribution in [0.15, 0.2) is 35.7 Å². The van der Waals surface area contributed by atoms with Gasteiger partial charge in [0.1, 0.15) is 0 Å². The van der Waals surface area contributed by atoms with E-state index in [-0.39, 0.29) is 11.7 Å². The van der Waals surface area contributed by atoms with E-state index in [2.05, 4.69) is 14.8 Å². The molecule has 22 heavy (non-hydrogen) atoms. The Hall–Kier alpha value is -1.93. The van der Waals surface area contributed by atoms with Crippen molar-refractivity contribution >= 4 is 32.3 Å². The maximum atomic E-state index is 11.9. The van der Waals surface area contributed by atoms with Crippen molar-refractivity contribution in [3.63, 3.8) is 0 Å². The Morgan fingerprint density at radius 1 is 1.27 bits per heavy atom. The summed E-state index contributed by atoms with van der Waals surface area (Å²) in [7, 11) is -3.38. The molecule has 1 aromatic carbocycles. The average molecular weight is 336 g/mol. The molecule has 0 radical (unpaired) electrons. The Balaban J connectivity index is 1.90. The zero-order valence-electron chi connectivity index (χ0n) is 12.1. The van der Waals surface area contributed by atoms with Gasteiger partial charge in [0, 0.05) is 10.9 Å². The van der Waals surface area contributed by atoms with Gasteiger partial charge in [-0.15, -0.1) is 16.4 Å². The number of rotatable bonds is 6. The Bertz CT molecular complexity index is 869. The zero-order valence-corrected chi connectivity index (χ0v) is 13.7. The van der Waals surface area contributed by atoms with Gasteiger partial charge in [-0.25, -0.2) is 17.7 Å². The van der Waals surface area contributed by atoms with Gasteiger partial charge in [0.15, 0.2) is 0 Å². The standard InChI is InChI=1S/C14H16N4O2S2/c1-2-3-9-22(19,20)17-13-15-14-18(16-13)12(10-21-14)11-7-5-4-6-8-11/h4-8,10H,2-3,9H2,1H3,(H,16,17). The quantitative estimate of drug-likeness (QED) is 0.751. The molecule has 116 valence electrons. The van der Waals surface area contributed by atoms with E-state index in [0.717, 1.165) is 17.7 Å². The van der Waals surface area contributed by atoms with Gasteiger partial charge in [-0.1, -0.05) is 43.7 Å². The van der Waals surface area contributed by atoms with Gasteiger partial charge < -0.3 is 0 Å². The molecule has 2 heterocycles. The van der Waals surface area contributed by atoms with Crippen LogP contribution < -0.4 is 4.72 Å².